The van der Waals surface area contributed by atoms with Crippen LogP contribution < -0.4 is 50.5 Å². The van der Waals surface area contributed by atoms with E-state index in [-0.39, 0.29) is 0 Å². The third-order valence-electron chi connectivity index (χ3n) is 15.2. The van der Waals surface area contributed by atoms with E-state index < -0.39 is 72.9 Å². The normalized spacial score (nSPS) is 14.3. The molecule has 0 saturated carbocycles. The number of methoxy groups -OCH3 is 2. The van der Waals surface area contributed by atoms with E-state index in [0.717, 1.165) is 73.6 Å². The molecule has 2 saturated heterocycles. The molecule has 2 aliphatic rings. The number of rotatable bonds is 11. The Morgan fingerprint density at radius 1 is 0.470 bits per heavy atom. The predicted molar refractivity (Wildman–Crippen MR) is 303 cm³/mol. The largest absolute Gasteiger partial charge is 0.542 e. The molecule has 2 fully saturated rings. The lowest BCUT2D eigenvalue weighted by Gasteiger charge is -2.39. The van der Waals surface area contributed by atoms with Gasteiger partial charge in [0.2, 0.25) is 0 Å². The number of likely N-dealkylation sites (tertiary alicyclic amines) is 2. The second kappa shape index (κ2) is 34.4. The van der Waals surface area contributed by atoms with Crippen molar-refractivity contribution in [1.29, 1.82) is 0 Å². The minimum Gasteiger partial charge on any atom is -0.542 e. The molecule has 6 heterocycles. The van der Waals surface area contributed by atoms with Crippen LogP contribution in [-0.4, -0.2) is 156 Å². The molecule has 40 heteroatoms. The number of carboxylic acids is 6. The zero-order valence-electron chi connectivity index (χ0n) is 51.9. The average molecular weight is 1460 g/mol. The maximum atomic E-state index is 10.6. The molecule has 2 aliphatic heterocycles. The molecule has 0 atom stereocenters. The molecule has 8 aromatic rings. The quantitative estimate of drug-likeness (QED) is 0.0789. The number of ether oxygens (including phenoxy) is 2. The molecule has 10 rings (SSSR count). The topological polar surface area (TPSA) is 355 Å². The molecule has 4 aromatic carbocycles. The predicted octanol–water partition coefficient (Wildman–Crippen LogP) is 3.92. The number of pyridine rings is 2. The zero-order chi connectivity index (χ0) is 75.8. The molecule has 0 bridgehead atoms. The molecule has 0 aliphatic carbocycles. The number of hydrogen-bond acceptors (Lipinski definition) is 14. The Morgan fingerprint density at radius 3 is 0.970 bits per heavy atom. The molecule has 0 unspecified atom stereocenters. The fourth-order valence-electron chi connectivity index (χ4n) is 10.4. The summed E-state index contributed by atoms with van der Waals surface area (Å²) in [5, 5.41) is 59.5. The van der Waals surface area contributed by atoms with Gasteiger partial charge in [-0.3, -0.25) is 9.80 Å². The summed E-state index contributed by atoms with van der Waals surface area (Å²) in [5.74, 6) is -14.1. The number of carbonyl (C=O) groups is 6. The molecule has 0 radical (unpaired) electrons. The molecule has 100 heavy (non-hydrogen) atoms. The van der Waals surface area contributed by atoms with Gasteiger partial charge in [-0.05, 0) is 123 Å². The van der Waals surface area contributed by atoms with Gasteiger partial charge in [0.1, 0.15) is 48.5 Å². The number of carbonyl (C=O) groups excluding carboxylic acids is 4. The lowest BCUT2D eigenvalue weighted by atomic mass is 9.79. The number of aromatic nitrogens is 4. The van der Waals surface area contributed by atoms with Crippen molar-refractivity contribution in [2.24, 2.45) is 11.8 Å². The van der Waals surface area contributed by atoms with Crippen molar-refractivity contribution in [2.45, 2.75) is 88.9 Å². The van der Waals surface area contributed by atoms with Crippen LogP contribution in [0.3, 0.4) is 0 Å². The van der Waals surface area contributed by atoms with Gasteiger partial charge in [0.05, 0.1) is 49.1 Å². The number of alkyl halides is 18. The number of hydrogen-bond donors (Lipinski definition) is 6. The third kappa shape index (κ3) is 23.8. The number of benzene rings is 4. The third-order valence-corrected chi connectivity index (χ3v) is 15.2. The number of piperidine rings is 2. The van der Waals surface area contributed by atoms with Gasteiger partial charge in [-0.25, -0.2) is 18.7 Å². The highest BCUT2D eigenvalue weighted by atomic mass is 19.4. The Labute approximate surface area is 550 Å². The Kier molecular flexibility index (Phi) is 28.4. The summed E-state index contributed by atoms with van der Waals surface area (Å²) in [6, 6.07) is 21.8. The second-order valence-corrected chi connectivity index (χ2v) is 21.6. The van der Waals surface area contributed by atoms with Crippen LogP contribution in [0.5, 0.6) is 11.5 Å². The van der Waals surface area contributed by atoms with Crippen molar-refractivity contribution in [1.82, 2.24) is 19.8 Å². The van der Waals surface area contributed by atoms with Crippen molar-refractivity contribution < 1.29 is 169 Å². The summed E-state index contributed by atoms with van der Waals surface area (Å²) >= 11 is 0. The molecule has 0 amide bonds. The smallest absolute Gasteiger partial charge is 0.490 e. The van der Waals surface area contributed by atoms with E-state index in [9.17, 15) is 79.0 Å². The van der Waals surface area contributed by atoms with E-state index in [2.05, 4.69) is 114 Å². The van der Waals surface area contributed by atoms with Gasteiger partial charge in [0.25, 0.3) is 0 Å². The van der Waals surface area contributed by atoms with Crippen molar-refractivity contribution >= 4 is 101 Å². The Balaban J connectivity index is 0.000000408. The van der Waals surface area contributed by atoms with Crippen LogP contribution >= 0.6 is 0 Å². The van der Waals surface area contributed by atoms with Crippen LogP contribution in [0.1, 0.15) is 36.8 Å². The van der Waals surface area contributed by atoms with Crippen molar-refractivity contribution in [3.63, 3.8) is 0 Å². The number of aliphatic carboxylic acids is 6. The molecule has 4 aromatic heterocycles. The fraction of sp³-hybridized carbons (Fsp3) is 0.400. The van der Waals surface area contributed by atoms with Gasteiger partial charge >= 0.3 is 49.0 Å². The number of halogens is 18. The van der Waals surface area contributed by atoms with Crippen LogP contribution in [0.25, 0.3) is 65.2 Å². The number of nitrogens with zero attached hydrogens (tertiary/aromatic N) is 4. The van der Waals surface area contributed by atoms with E-state index in [0.29, 0.717) is 0 Å². The van der Waals surface area contributed by atoms with Crippen molar-refractivity contribution in [3.05, 3.63) is 96.6 Å². The Bertz CT molecular complexity index is 3780. The van der Waals surface area contributed by atoms with E-state index in [1.807, 2.05) is 12.1 Å². The van der Waals surface area contributed by atoms with Crippen LogP contribution in [0.4, 0.5) is 79.0 Å². The molecular formula is C60H60F18N8O14. The molecule has 22 nitrogen and oxygen atoms in total. The number of carboxylic acid groups (broad SMARTS) is 6. The number of fused-ring (bicyclic) bond motifs is 10. The SMILES string of the molecule is COc1ccc2[nH]c3c(C[NH3+])cc4cc[n+](CCN5CCC(C6CCN(CC[n+]7ccc8cc(C[NH3+])c9[nH]c%10ccc(OC)cc%10c9c8c7)CC6)CC5)cc4c3c2c1.O=C(O)C(F)(F)F.O=C(O)C(F)(F)F.O=C([O-])C(F)(F)F.O=C([O-])C(F)(F)F.O=C([O-])C(F)(F)F.O=C([O-])C(F)(F)F. The lowest BCUT2D eigenvalue weighted by Crippen LogP contribution is -2.47. The lowest BCUT2D eigenvalue weighted by molar-refractivity contribution is -0.695. The maximum absolute atomic E-state index is 10.6. The van der Waals surface area contributed by atoms with E-state index in [1.54, 1.807) is 14.2 Å². The summed E-state index contributed by atoms with van der Waals surface area (Å²) < 4.78 is 206. The van der Waals surface area contributed by atoms with E-state index in [1.165, 1.54) is 117 Å². The molecule has 10 N–H and O–H groups in total. The van der Waals surface area contributed by atoms with Crippen LogP contribution in [0.2, 0.25) is 0 Å². The number of quaternary nitrogens is 2. The summed E-state index contributed by atoms with van der Waals surface area (Å²) in [6.07, 6.45) is -16.4. The Morgan fingerprint density at radius 2 is 0.740 bits per heavy atom. The van der Waals surface area contributed by atoms with Crippen LogP contribution in [0.15, 0.2) is 85.5 Å². The highest BCUT2D eigenvalue weighted by Crippen LogP contribution is 2.38. The van der Waals surface area contributed by atoms with E-state index in [4.69, 9.17) is 68.9 Å². The van der Waals surface area contributed by atoms with Crippen molar-refractivity contribution in [2.75, 3.05) is 53.5 Å². The summed E-state index contributed by atoms with van der Waals surface area (Å²) in [7, 11) is 3.48. The highest BCUT2D eigenvalue weighted by Gasteiger charge is 2.39. The standard InChI is InChI=1S/C48H54N8O2.6C2HF3O2/c1-57-37-3-5-43-39(25-37)45-41-29-55(17-11-33(41)23-35(27-49)47(45)51-43)21-19-53-13-7-31(8-14-53)32-9-15-54(16-10-32)20-22-56-18-12-34-24-36(28-50)48-46(42(34)30-56)40-26-38(58-2)4-6-44(40)52-48;6*3-2(4,5)1(6)7/h3-6,11-12,17-18,23-26,29-32H,7-10,13-16,19-22,27-28,49-50H2,1-2H3;6*(H,6,7). The minimum absolute atomic E-state index is 0.747. The van der Waals surface area contributed by atoms with E-state index >= 15 is 0 Å². The summed E-state index contributed by atoms with van der Waals surface area (Å²) in [4.78, 5) is 65.7. The molecule has 550 valence electrons. The van der Waals surface area contributed by atoms with Gasteiger partial charge in [-0.1, -0.05) is 0 Å². The number of H-pyrrole nitrogens is 2. The first-order chi connectivity index (χ1) is 46.2. The number of aromatic amines is 2. The van der Waals surface area contributed by atoms with Crippen LogP contribution in [-0.2, 0) is 54.9 Å². The average Bonchev–Trinajstić information content (AvgIpc) is 1.60. The molecule has 0 spiro atoms. The zero-order valence-corrected chi connectivity index (χ0v) is 51.9. The van der Waals surface area contributed by atoms with Gasteiger partial charge in [-0.15, -0.1) is 0 Å². The fourth-order valence-corrected chi connectivity index (χ4v) is 10.4. The number of nitrogens with one attached hydrogen (secondary N) is 2. The summed E-state index contributed by atoms with van der Waals surface area (Å²) in [6.45, 7) is 10.5. The van der Waals surface area contributed by atoms with Gasteiger partial charge in [-0.2, -0.15) is 79.0 Å². The first-order valence-electron chi connectivity index (χ1n) is 28.8. The summed E-state index contributed by atoms with van der Waals surface area (Å²) in [5.41, 5.74) is 15.6. The monoisotopic (exact) mass is 1460 g/mol. The molecular weight excluding hydrogens is 1400 g/mol. The second-order valence-electron chi connectivity index (χ2n) is 21.6. The first kappa shape index (κ1) is 82.7. The van der Waals surface area contributed by atoms with Gasteiger partial charge < -0.3 is 80.7 Å². The van der Waals surface area contributed by atoms with Gasteiger partial charge in [0, 0.05) is 55.8 Å². The van der Waals surface area contributed by atoms with Gasteiger partial charge in [0.15, 0.2) is 37.9 Å². The first-order valence-corrected chi connectivity index (χ1v) is 28.8. The maximum Gasteiger partial charge on any atom is 0.490 e. The highest BCUT2D eigenvalue weighted by molar-refractivity contribution is 6.22. The van der Waals surface area contributed by atoms with Crippen molar-refractivity contribution in [3.8, 4) is 11.5 Å². The minimum atomic E-state index is -5.19. The van der Waals surface area contributed by atoms with Crippen LogP contribution in [0, 0.1) is 11.8 Å². The Hall–Kier alpha value is -9.70.